The molecule has 0 spiro atoms. The number of carboxylic acid groups (broad SMARTS) is 1. The van der Waals surface area contributed by atoms with Gasteiger partial charge in [0.25, 0.3) is 5.69 Å². The minimum absolute atomic E-state index is 0.0847. The maximum Gasteiger partial charge on any atom is 0.404 e. The predicted molar refractivity (Wildman–Crippen MR) is 76.1 cm³/mol. The molecular formula is C13H19N3O4. The zero-order valence-corrected chi connectivity index (χ0v) is 11.2. The van der Waals surface area contributed by atoms with Crippen LogP contribution in [0.15, 0.2) is 24.3 Å². The summed E-state index contributed by atoms with van der Waals surface area (Å²) in [5, 5.41) is 24.4. The van der Waals surface area contributed by atoms with Gasteiger partial charge in [0, 0.05) is 30.9 Å². The Hall–Kier alpha value is -2.31. The van der Waals surface area contributed by atoms with Crippen LogP contribution in [0.3, 0.4) is 0 Å². The fourth-order valence-corrected chi connectivity index (χ4v) is 1.73. The summed E-state index contributed by atoms with van der Waals surface area (Å²) >= 11 is 0. The van der Waals surface area contributed by atoms with Crippen LogP contribution in [0, 0.1) is 10.1 Å². The normalized spacial score (nSPS) is 10.0. The monoisotopic (exact) mass is 281 g/mol. The highest BCUT2D eigenvalue weighted by molar-refractivity contribution is 5.64. The molecule has 0 fully saturated rings. The van der Waals surface area contributed by atoms with E-state index in [1.165, 1.54) is 12.1 Å². The summed E-state index contributed by atoms with van der Waals surface area (Å²) in [5.74, 6) is 0. The van der Waals surface area contributed by atoms with Gasteiger partial charge in [0.2, 0.25) is 0 Å². The van der Waals surface area contributed by atoms with Crippen molar-refractivity contribution in [3.8, 4) is 0 Å². The Morgan fingerprint density at radius 1 is 1.10 bits per heavy atom. The third-order valence-electron chi connectivity index (χ3n) is 2.79. The Morgan fingerprint density at radius 2 is 1.70 bits per heavy atom. The van der Waals surface area contributed by atoms with Gasteiger partial charge in [0.05, 0.1) is 4.92 Å². The van der Waals surface area contributed by atoms with Crippen molar-refractivity contribution in [1.82, 2.24) is 5.32 Å². The summed E-state index contributed by atoms with van der Waals surface area (Å²) in [6.07, 6.45) is 2.82. The van der Waals surface area contributed by atoms with Crippen LogP contribution in [0.2, 0.25) is 0 Å². The van der Waals surface area contributed by atoms with Gasteiger partial charge in [-0.1, -0.05) is 12.8 Å². The fraction of sp³-hybridized carbons (Fsp3) is 0.462. The lowest BCUT2D eigenvalue weighted by atomic mass is 10.2. The number of carbonyl (C=O) groups is 1. The zero-order chi connectivity index (χ0) is 14.8. The van der Waals surface area contributed by atoms with Crippen molar-refractivity contribution in [1.29, 1.82) is 0 Å². The summed E-state index contributed by atoms with van der Waals surface area (Å²) in [4.78, 5) is 20.3. The largest absolute Gasteiger partial charge is 0.465 e. The fourth-order valence-electron chi connectivity index (χ4n) is 1.73. The summed E-state index contributed by atoms with van der Waals surface area (Å²) < 4.78 is 0. The smallest absolute Gasteiger partial charge is 0.404 e. The molecule has 0 bridgehead atoms. The van der Waals surface area contributed by atoms with Gasteiger partial charge < -0.3 is 15.7 Å². The molecule has 1 aromatic rings. The second-order valence-corrected chi connectivity index (χ2v) is 4.38. The molecule has 7 heteroatoms. The lowest BCUT2D eigenvalue weighted by Gasteiger charge is -2.06. The third-order valence-corrected chi connectivity index (χ3v) is 2.79. The number of hydrogen-bond acceptors (Lipinski definition) is 4. The number of benzene rings is 1. The van der Waals surface area contributed by atoms with Gasteiger partial charge in [0.1, 0.15) is 0 Å². The van der Waals surface area contributed by atoms with Crippen molar-refractivity contribution in [3.63, 3.8) is 0 Å². The molecule has 20 heavy (non-hydrogen) atoms. The number of nitrogens with one attached hydrogen (secondary N) is 2. The van der Waals surface area contributed by atoms with Gasteiger partial charge in [0.15, 0.2) is 0 Å². The highest BCUT2D eigenvalue weighted by atomic mass is 16.6. The molecule has 1 aromatic carbocycles. The van der Waals surface area contributed by atoms with E-state index in [4.69, 9.17) is 5.11 Å². The molecule has 0 saturated heterocycles. The summed E-state index contributed by atoms with van der Waals surface area (Å²) in [5.41, 5.74) is 0.949. The zero-order valence-electron chi connectivity index (χ0n) is 11.2. The van der Waals surface area contributed by atoms with Gasteiger partial charge >= 0.3 is 6.09 Å². The van der Waals surface area contributed by atoms with Gasteiger partial charge in [-0.05, 0) is 25.0 Å². The molecule has 1 rings (SSSR count). The molecule has 7 nitrogen and oxygen atoms in total. The van der Waals surface area contributed by atoms with E-state index in [1.807, 2.05) is 0 Å². The number of nitro benzene ring substituents is 1. The summed E-state index contributed by atoms with van der Waals surface area (Å²) in [6.45, 7) is 1.29. The van der Waals surface area contributed by atoms with Crippen molar-refractivity contribution >= 4 is 17.5 Å². The first-order valence-electron chi connectivity index (χ1n) is 6.54. The average molecular weight is 281 g/mol. The van der Waals surface area contributed by atoms with E-state index in [9.17, 15) is 14.9 Å². The van der Waals surface area contributed by atoms with Gasteiger partial charge in [-0.3, -0.25) is 10.1 Å². The molecule has 110 valence electrons. The van der Waals surface area contributed by atoms with Crippen molar-refractivity contribution in [2.45, 2.75) is 25.7 Å². The van der Waals surface area contributed by atoms with Crippen molar-refractivity contribution in [2.24, 2.45) is 0 Å². The molecule has 3 N–H and O–H groups in total. The van der Waals surface area contributed by atoms with Crippen LogP contribution in [0.4, 0.5) is 16.2 Å². The number of rotatable bonds is 9. The first-order valence-corrected chi connectivity index (χ1v) is 6.54. The second kappa shape index (κ2) is 8.73. The third kappa shape index (κ3) is 6.58. The Kier molecular flexibility index (Phi) is 6.88. The van der Waals surface area contributed by atoms with Crippen LogP contribution in [0.25, 0.3) is 0 Å². The van der Waals surface area contributed by atoms with Gasteiger partial charge in [-0.2, -0.15) is 0 Å². The van der Waals surface area contributed by atoms with Crippen LogP contribution in [0.1, 0.15) is 25.7 Å². The number of non-ortho nitro benzene ring substituents is 1. The highest BCUT2D eigenvalue weighted by Gasteiger charge is 2.03. The number of nitro groups is 1. The molecule has 0 unspecified atom stereocenters. The minimum atomic E-state index is -0.982. The van der Waals surface area contributed by atoms with Crippen molar-refractivity contribution < 1.29 is 14.8 Å². The lowest BCUT2D eigenvalue weighted by molar-refractivity contribution is -0.384. The van der Waals surface area contributed by atoms with E-state index in [1.54, 1.807) is 12.1 Å². The van der Waals surface area contributed by atoms with Crippen LogP contribution < -0.4 is 10.6 Å². The second-order valence-electron chi connectivity index (χ2n) is 4.38. The minimum Gasteiger partial charge on any atom is -0.465 e. The van der Waals surface area contributed by atoms with Gasteiger partial charge in [-0.25, -0.2) is 4.79 Å². The maximum atomic E-state index is 10.5. The number of anilines is 1. The van der Waals surface area contributed by atoms with E-state index in [0.717, 1.165) is 37.9 Å². The SMILES string of the molecule is O=C(O)NCCCCCCNc1ccc([N+](=O)[O-])cc1. The molecule has 0 aliphatic rings. The topological polar surface area (TPSA) is 104 Å². The standard InChI is InChI=1S/C13H19N3O4/c17-13(18)15-10-4-2-1-3-9-14-11-5-7-12(8-6-11)16(19)20/h5-8,14-15H,1-4,9-10H2,(H,17,18). The van der Waals surface area contributed by atoms with Crippen molar-refractivity contribution in [3.05, 3.63) is 34.4 Å². The molecule has 0 saturated carbocycles. The quantitative estimate of drug-likeness (QED) is 0.367. The first-order chi connectivity index (χ1) is 9.59. The van der Waals surface area contributed by atoms with E-state index in [-0.39, 0.29) is 5.69 Å². The summed E-state index contributed by atoms with van der Waals surface area (Å²) in [6, 6.07) is 6.32. The Bertz CT molecular complexity index is 434. The average Bonchev–Trinajstić information content (AvgIpc) is 2.42. The van der Waals surface area contributed by atoms with E-state index in [0.29, 0.717) is 6.54 Å². The Morgan fingerprint density at radius 3 is 2.25 bits per heavy atom. The Balaban J connectivity index is 2.06. The van der Waals surface area contributed by atoms with Crippen LogP contribution >= 0.6 is 0 Å². The van der Waals surface area contributed by atoms with Gasteiger partial charge in [-0.15, -0.1) is 0 Å². The van der Waals surface area contributed by atoms with Crippen molar-refractivity contribution in [2.75, 3.05) is 18.4 Å². The molecule has 0 aromatic heterocycles. The van der Waals surface area contributed by atoms with E-state index in [2.05, 4.69) is 10.6 Å². The summed E-state index contributed by atoms with van der Waals surface area (Å²) in [7, 11) is 0. The van der Waals surface area contributed by atoms with E-state index < -0.39 is 11.0 Å². The number of hydrogen-bond donors (Lipinski definition) is 3. The van der Waals surface area contributed by atoms with E-state index >= 15 is 0 Å². The molecule has 0 atom stereocenters. The molecule has 0 aliphatic carbocycles. The molecule has 1 amide bonds. The number of nitrogens with zero attached hydrogens (tertiary/aromatic N) is 1. The molecule has 0 radical (unpaired) electrons. The molecular weight excluding hydrogens is 262 g/mol. The molecule has 0 heterocycles. The number of amides is 1. The predicted octanol–water partition coefficient (Wildman–Crippen LogP) is 2.83. The highest BCUT2D eigenvalue weighted by Crippen LogP contribution is 2.15. The molecule has 0 aliphatic heterocycles. The number of unbranched alkanes of at least 4 members (excludes halogenated alkanes) is 3. The lowest BCUT2D eigenvalue weighted by Crippen LogP contribution is -2.21. The Labute approximate surface area is 117 Å². The van der Waals surface area contributed by atoms with Crippen LogP contribution in [0.5, 0.6) is 0 Å². The first kappa shape index (κ1) is 15.7. The maximum absolute atomic E-state index is 10.5. The van der Waals surface area contributed by atoms with Crippen LogP contribution in [-0.4, -0.2) is 29.2 Å². The van der Waals surface area contributed by atoms with Crippen LogP contribution in [-0.2, 0) is 0 Å².